The smallest absolute Gasteiger partial charge is 0.206 e. The first-order valence-corrected chi connectivity index (χ1v) is 6.02. The number of hydrogen-bond donors (Lipinski definition) is 1. The third-order valence-corrected chi connectivity index (χ3v) is 2.65. The van der Waals surface area contributed by atoms with Crippen LogP contribution < -0.4 is 5.32 Å². The summed E-state index contributed by atoms with van der Waals surface area (Å²) in [7, 11) is 1.34. The number of nitrogens with zero attached hydrogens (tertiary/aromatic N) is 1. The summed E-state index contributed by atoms with van der Waals surface area (Å²) in [6, 6.07) is 5.40. The number of rotatable bonds is 5. The van der Waals surface area contributed by atoms with Crippen LogP contribution in [-0.2, 0) is 4.74 Å². The van der Waals surface area contributed by atoms with Crippen molar-refractivity contribution in [1.29, 1.82) is 0 Å². The molecule has 1 aromatic rings. The summed E-state index contributed by atoms with van der Waals surface area (Å²) in [5.74, 6) is -0.770. The van der Waals surface area contributed by atoms with Crippen molar-refractivity contribution in [3.8, 4) is 0 Å². The number of anilines is 1. The number of nitrogens with one attached hydrogen (secondary N) is 1. The van der Waals surface area contributed by atoms with Crippen LogP contribution in [0.5, 0.6) is 0 Å². The Balaban J connectivity index is 3.12. The Morgan fingerprint density at radius 2 is 2.21 bits per heavy atom. The molecule has 5 heteroatoms. The first-order valence-electron chi connectivity index (χ1n) is 5.64. The van der Waals surface area contributed by atoms with Crippen molar-refractivity contribution in [3.63, 3.8) is 0 Å². The summed E-state index contributed by atoms with van der Waals surface area (Å²) in [6.45, 7) is 7.05. The van der Waals surface area contributed by atoms with E-state index in [0.717, 1.165) is 5.56 Å². The Kier molecular flexibility index (Phi) is 5.57. The van der Waals surface area contributed by atoms with Gasteiger partial charge in [-0.2, -0.15) is 4.39 Å². The molecule has 0 atom stereocenters. The molecule has 1 N–H and O–H groups in total. The minimum Gasteiger partial charge on any atom is -0.494 e. The van der Waals surface area contributed by atoms with Gasteiger partial charge in [0, 0.05) is 6.21 Å². The molecule has 0 heterocycles. The number of benzene rings is 1. The number of aliphatic imine (C=N–C) groups is 1. The third kappa shape index (κ3) is 4.10. The average Bonchev–Trinajstić information content (AvgIpc) is 2.39. The minimum atomic E-state index is -0.669. The molecule has 0 radical (unpaired) electrons. The van der Waals surface area contributed by atoms with Gasteiger partial charge in [-0.3, -0.25) is 0 Å². The highest BCUT2D eigenvalue weighted by Gasteiger charge is 2.11. The molecule has 102 valence electrons. The normalized spacial score (nSPS) is 12.3. The first kappa shape index (κ1) is 15.2. The molecule has 19 heavy (non-hydrogen) atoms. The van der Waals surface area contributed by atoms with Crippen LogP contribution in [0.15, 0.2) is 47.2 Å². The van der Waals surface area contributed by atoms with Crippen LogP contribution >= 0.6 is 11.6 Å². The Bertz CT molecular complexity index is 538. The maximum atomic E-state index is 14.0. The van der Waals surface area contributed by atoms with Gasteiger partial charge >= 0.3 is 0 Å². The van der Waals surface area contributed by atoms with Crippen molar-refractivity contribution in [2.24, 2.45) is 4.99 Å². The van der Waals surface area contributed by atoms with Crippen molar-refractivity contribution < 1.29 is 9.13 Å². The Labute approximate surface area is 117 Å². The van der Waals surface area contributed by atoms with E-state index in [4.69, 9.17) is 16.3 Å². The van der Waals surface area contributed by atoms with Crippen molar-refractivity contribution in [2.75, 3.05) is 12.4 Å². The second-order valence-corrected chi connectivity index (χ2v) is 4.19. The predicted octanol–water partition coefficient (Wildman–Crippen LogP) is 4.45. The van der Waals surface area contributed by atoms with E-state index in [-0.39, 0.29) is 11.6 Å². The molecule has 0 fully saturated rings. The monoisotopic (exact) mass is 282 g/mol. The van der Waals surface area contributed by atoms with E-state index in [1.165, 1.54) is 13.3 Å². The molecular weight excluding hydrogens is 267 g/mol. The lowest BCUT2D eigenvalue weighted by molar-refractivity contribution is 0.284. The molecule has 0 aliphatic heterocycles. The predicted molar refractivity (Wildman–Crippen MR) is 78.3 cm³/mol. The quantitative estimate of drug-likeness (QED) is 0.492. The van der Waals surface area contributed by atoms with Gasteiger partial charge in [0.1, 0.15) is 0 Å². The highest BCUT2D eigenvalue weighted by atomic mass is 35.5. The number of halogens is 2. The van der Waals surface area contributed by atoms with E-state index in [1.54, 1.807) is 19.1 Å². The Morgan fingerprint density at radius 1 is 1.53 bits per heavy atom. The second kappa shape index (κ2) is 6.95. The summed E-state index contributed by atoms with van der Waals surface area (Å²) in [6.07, 6.45) is 1.47. The molecule has 1 rings (SSSR count). The van der Waals surface area contributed by atoms with Crippen molar-refractivity contribution in [1.82, 2.24) is 0 Å². The van der Waals surface area contributed by atoms with Crippen LogP contribution in [-0.4, -0.2) is 13.3 Å². The largest absolute Gasteiger partial charge is 0.494 e. The fourth-order valence-corrected chi connectivity index (χ4v) is 1.63. The lowest BCUT2D eigenvalue weighted by Gasteiger charge is -2.11. The summed E-state index contributed by atoms with van der Waals surface area (Å²) in [5, 5.41) is 3.31. The van der Waals surface area contributed by atoms with Gasteiger partial charge in [0.05, 0.1) is 17.8 Å². The zero-order valence-corrected chi connectivity index (χ0v) is 11.9. The number of allylic oxidation sites excluding steroid dienone is 1. The van der Waals surface area contributed by atoms with Gasteiger partial charge in [0.15, 0.2) is 11.6 Å². The molecule has 0 saturated heterocycles. The maximum absolute atomic E-state index is 14.0. The van der Waals surface area contributed by atoms with Gasteiger partial charge in [0.2, 0.25) is 5.83 Å². The summed E-state index contributed by atoms with van der Waals surface area (Å²) in [4.78, 5) is 3.92. The minimum absolute atomic E-state index is 0.0000954. The Morgan fingerprint density at radius 3 is 2.74 bits per heavy atom. The van der Waals surface area contributed by atoms with Gasteiger partial charge in [-0.15, -0.1) is 0 Å². The van der Waals surface area contributed by atoms with Crippen LogP contribution in [0.3, 0.4) is 0 Å². The lowest BCUT2D eigenvalue weighted by atomic mass is 10.2. The van der Waals surface area contributed by atoms with E-state index in [0.29, 0.717) is 10.7 Å². The van der Waals surface area contributed by atoms with Gasteiger partial charge in [-0.25, -0.2) is 4.99 Å². The fourth-order valence-electron chi connectivity index (χ4n) is 1.34. The average molecular weight is 283 g/mol. The molecule has 3 nitrogen and oxygen atoms in total. The van der Waals surface area contributed by atoms with Crippen LogP contribution in [0.1, 0.15) is 12.5 Å². The number of aryl methyl sites for hydroxylation is 1. The molecular formula is C14H16ClFN2O. The molecule has 1 aromatic carbocycles. The summed E-state index contributed by atoms with van der Waals surface area (Å²) in [5.41, 5.74) is 1.58. The third-order valence-electron chi connectivity index (χ3n) is 2.33. The van der Waals surface area contributed by atoms with E-state index in [9.17, 15) is 4.39 Å². The topological polar surface area (TPSA) is 33.6 Å². The first-order chi connectivity index (χ1) is 8.99. The van der Waals surface area contributed by atoms with Crippen LogP contribution in [0.2, 0.25) is 5.02 Å². The van der Waals surface area contributed by atoms with Crippen molar-refractivity contribution in [3.05, 3.63) is 52.8 Å². The Hall–Kier alpha value is -1.81. The van der Waals surface area contributed by atoms with E-state index < -0.39 is 5.83 Å². The number of methoxy groups -OCH3 is 1. The summed E-state index contributed by atoms with van der Waals surface area (Å²) < 4.78 is 18.7. The second-order valence-electron chi connectivity index (χ2n) is 3.79. The molecule has 0 spiro atoms. The van der Waals surface area contributed by atoms with Crippen molar-refractivity contribution in [2.45, 2.75) is 13.8 Å². The SMILES string of the molecule is C=C(OC)/C(F)=C(\N=C/C)Nc1ccc(C)cc1Cl. The van der Waals surface area contributed by atoms with Crippen LogP contribution in [0.4, 0.5) is 10.1 Å². The highest BCUT2D eigenvalue weighted by molar-refractivity contribution is 6.33. The maximum Gasteiger partial charge on any atom is 0.206 e. The fraction of sp³-hybridized carbons (Fsp3) is 0.214. The van der Waals surface area contributed by atoms with Gasteiger partial charge in [-0.05, 0) is 31.5 Å². The molecule has 0 aromatic heterocycles. The van der Waals surface area contributed by atoms with Gasteiger partial charge in [-0.1, -0.05) is 24.2 Å². The summed E-state index contributed by atoms with van der Waals surface area (Å²) >= 11 is 6.08. The number of ether oxygens (including phenoxy) is 1. The standard InChI is InChI=1S/C14H16ClFN2O/c1-5-17-14(13(16)10(3)19-4)18-12-7-6-9(2)8-11(12)15/h5-8,18H,3H2,1-2,4H3/b14-13-,17-5-. The molecule has 0 amide bonds. The molecule has 0 bridgehead atoms. The molecule has 0 aliphatic carbocycles. The van der Waals surface area contributed by atoms with E-state index >= 15 is 0 Å². The van der Waals surface area contributed by atoms with Crippen LogP contribution in [0.25, 0.3) is 0 Å². The lowest BCUT2D eigenvalue weighted by Crippen LogP contribution is -2.03. The van der Waals surface area contributed by atoms with E-state index in [1.807, 2.05) is 13.0 Å². The number of hydrogen-bond acceptors (Lipinski definition) is 3. The molecule has 0 aliphatic rings. The van der Waals surface area contributed by atoms with Crippen LogP contribution in [0, 0.1) is 6.92 Å². The van der Waals surface area contributed by atoms with Gasteiger partial charge in [0.25, 0.3) is 0 Å². The van der Waals surface area contributed by atoms with Crippen molar-refractivity contribution >= 4 is 23.5 Å². The van der Waals surface area contributed by atoms with Gasteiger partial charge < -0.3 is 10.1 Å². The zero-order chi connectivity index (χ0) is 14.4. The van der Waals surface area contributed by atoms with E-state index in [2.05, 4.69) is 16.9 Å². The molecule has 0 saturated carbocycles. The molecule has 0 unspecified atom stereocenters. The zero-order valence-electron chi connectivity index (χ0n) is 11.1. The highest BCUT2D eigenvalue weighted by Crippen LogP contribution is 2.26.